The second-order valence-corrected chi connectivity index (χ2v) is 20.6. The molecular weight excluding hydrogens is 801 g/mol. The highest BCUT2D eigenvalue weighted by molar-refractivity contribution is 7.25. The second-order valence-electron chi connectivity index (χ2n) is 19.6. The summed E-state index contributed by atoms with van der Waals surface area (Å²) in [6.45, 7) is 9.68. The molecule has 11 aromatic carbocycles. The normalized spacial score (nSPS) is 14.4. The van der Waals surface area contributed by atoms with Gasteiger partial charge in [-0.1, -0.05) is 185 Å². The van der Waals surface area contributed by atoms with E-state index in [1.807, 2.05) is 11.3 Å². The molecule has 0 bridgehead atoms. The third-order valence-corrected chi connectivity index (χ3v) is 16.5. The van der Waals surface area contributed by atoms with Crippen LogP contribution in [0.3, 0.4) is 0 Å². The SMILES string of the molecule is CC1(C)c2cc(-c3ccc4c(c3)-c3ccc5cc6c(cc5c3C4(C)C)sc3ccccc36)ccc2-c2ccc(-c3c4ccccc4c(-c4cccc5ccccc45)c4ccccc34)cc21. The van der Waals surface area contributed by atoms with Crippen LogP contribution in [0.5, 0.6) is 0 Å². The number of thiophene rings is 1. The first-order valence-electron chi connectivity index (χ1n) is 23.0. The first-order valence-corrected chi connectivity index (χ1v) is 23.8. The Morgan fingerprint density at radius 2 is 0.862 bits per heavy atom. The number of benzene rings is 11. The number of hydrogen-bond donors (Lipinski definition) is 0. The molecule has 14 rings (SSSR count). The van der Waals surface area contributed by atoms with Crippen LogP contribution >= 0.6 is 11.3 Å². The molecule has 0 nitrogen and oxygen atoms in total. The first kappa shape index (κ1) is 37.1. The van der Waals surface area contributed by atoms with E-state index in [9.17, 15) is 0 Å². The summed E-state index contributed by atoms with van der Waals surface area (Å²) < 4.78 is 2.72. The van der Waals surface area contributed by atoms with Crippen molar-refractivity contribution in [2.45, 2.75) is 38.5 Å². The van der Waals surface area contributed by atoms with E-state index in [0.29, 0.717) is 0 Å². The fourth-order valence-electron chi connectivity index (χ4n) is 12.3. The zero-order valence-corrected chi connectivity index (χ0v) is 37.7. The smallest absolute Gasteiger partial charge is 0.0361 e. The van der Waals surface area contributed by atoms with Crippen LogP contribution in [0.1, 0.15) is 49.9 Å². The standard InChI is InChI=1S/C64H44S/c1-63(2)56-34-39(38-27-31-55-53(32-38)51-30-25-40-33-54-45-17-11-12-23-58(45)65-59(54)36-52(40)62(51)64(55,3)4)24-28-43(56)44-29-26-41(35-57(44)63)60-47-18-7-9-20-49(47)61(50-21-10-8-19-48(50)60)46-22-13-15-37-14-5-6-16-42(37)46/h5-36H,1-4H3. The summed E-state index contributed by atoms with van der Waals surface area (Å²) in [6.07, 6.45) is 0. The molecule has 0 saturated carbocycles. The van der Waals surface area contributed by atoms with Gasteiger partial charge in [0.2, 0.25) is 0 Å². The lowest BCUT2D eigenvalue weighted by Crippen LogP contribution is -2.15. The maximum Gasteiger partial charge on any atom is 0.0361 e. The molecule has 0 N–H and O–H groups in total. The van der Waals surface area contributed by atoms with Crippen molar-refractivity contribution in [1.29, 1.82) is 0 Å². The van der Waals surface area contributed by atoms with Gasteiger partial charge in [-0.25, -0.2) is 0 Å². The number of hydrogen-bond acceptors (Lipinski definition) is 1. The summed E-state index contributed by atoms with van der Waals surface area (Å²) in [4.78, 5) is 0. The molecule has 0 spiro atoms. The molecule has 0 radical (unpaired) electrons. The highest BCUT2D eigenvalue weighted by atomic mass is 32.1. The predicted molar refractivity (Wildman–Crippen MR) is 281 cm³/mol. The molecule has 2 aliphatic rings. The van der Waals surface area contributed by atoms with Gasteiger partial charge in [0.25, 0.3) is 0 Å². The topological polar surface area (TPSA) is 0 Å². The third kappa shape index (κ3) is 5.08. The second kappa shape index (κ2) is 13.1. The van der Waals surface area contributed by atoms with Crippen molar-refractivity contribution >= 4 is 74.6 Å². The minimum absolute atomic E-state index is 0.112. The van der Waals surface area contributed by atoms with Crippen molar-refractivity contribution < 1.29 is 0 Å². The molecule has 2 aliphatic carbocycles. The Bertz CT molecular complexity index is 4000. The van der Waals surface area contributed by atoms with E-state index in [-0.39, 0.29) is 10.8 Å². The van der Waals surface area contributed by atoms with E-state index in [1.165, 1.54) is 141 Å². The van der Waals surface area contributed by atoms with Gasteiger partial charge in [-0.2, -0.15) is 0 Å². The minimum Gasteiger partial charge on any atom is -0.135 e. The highest BCUT2D eigenvalue weighted by Crippen LogP contribution is 2.55. The first-order chi connectivity index (χ1) is 31.7. The van der Waals surface area contributed by atoms with E-state index in [1.54, 1.807) is 0 Å². The van der Waals surface area contributed by atoms with Gasteiger partial charge in [-0.15, -0.1) is 11.3 Å². The van der Waals surface area contributed by atoms with Crippen molar-refractivity contribution in [3.05, 3.63) is 216 Å². The van der Waals surface area contributed by atoms with Gasteiger partial charge < -0.3 is 0 Å². The monoisotopic (exact) mass is 844 g/mol. The Balaban J connectivity index is 0.878. The number of rotatable bonds is 3. The van der Waals surface area contributed by atoms with Crippen molar-refractivity contribution in [2.75, 3.05) is 0 Å². The average Bonchev–Trinajstić information content (AvgIpc) is 3.90. The summed E-state index contributed by atoms with van der Waals surface area (Å²) >= 11 is 1.91. The van der Waals surface area contributed by atoms with Gasteiger partial charge >= 0.3 is 0 Å². The fourth-order valence-corrected chi connectivity index (χ4v) is 13.4. The molecular formula is C64H44S. The van der Waals surface area contributed by atoms with Gasteiger partial charge in [0.05, 0.1) is 0 Å². The molecule has 0 unspecified atom stereocenters. The highest BCUT2D eigenvalue weighted by Gasteiger charge is 2.39. The lowest BCUT2D eigenvalue weighted by Gasteiger charge is -2.24. The molecule has 0 fully saturated rings. The summed E-state index contributed by atoms with van der Waals surface area (Å²) in [5, 5.41) is 13.1. The maximum atomic E-state index is 2.51. The van der Waals surface area contributed by atoms with Crippen LogP contribution in [0.2, 0.25) is 0 Å². The molecule has 306 valence electrons. The van der Waals surface area contributed by atoms with E-state index < -0.39 is 0 Å². The quantitative estimate of drug-likeness (QED) is 0.155. The Hall–Kier alpha value is -7.32. The molecule has 1 heteroatoms. The van der Waals surface area contributed by atoms with Crippen LogP contribution in [0.4, 0.5) is 0 Å². The van der Waals surface area contributed by atoms with Crippen LogP contribution in [-0.2, 0) is 10.8 Å². The van der Waals surface area contributed by atoms with Gasteiger partial charge in [-0.05, 0) is 157 Å². The maximum absolute atomic E-state index is 2.51. The van der Waals surface area contributed by atoms with Crippen LogP contribution in [0.15, 0.2) is 194 Å². The molecule has 1 heterocycles. The Labute approximate surface area is 383 Å². The van der Waals surface area contributed by atoms with Gasteiger partial charge in [0, 0.05) is 31.0 Å². The zero-order valence-electron chi connectivity index (χ0n) is 36.9. The molecule has 1 aromatic heterocycles. The minimum atomic E-state index is -0.187. The van der Waals surface area contributed by atoms with Crippen molar-refractivity contribution in [3.63, 3.8) is 0 Å². The van der Waals surface area contributed by atoms with E-state index >= 15 is 0 Å². The average molecular weight is 845 g/mol. The molecule has 0 aliphatic heterocycles. The largest absolute Gasteiger partial charge is 0.135 e. The zero-order chi connectivity index (χ0) is 43.3. The van der Waals surface area contributed by atoms with E-state index in [2.05, 4.69) is 222 Å². The Morgan fingerprint density at radius 1 is 0.292 bits per heavy atom. The van der Waals surface area contributed by atoms with Crippen LogP contribution in [0.25, 0.3) is 119 Å². The lowest BCUT2D eigenvalue weighted by atomic mass is 9.79. The predicted octanol–water partition coefficient (Wildman–Crippen LogP) is 18.3. The van der Waals surface area contributed by atoms with Crippen LogP contribution < -0.4 is 0 Å². The van der Waals surface area contributed by atoms with Crippen molar-refractivity contribution in [1.82, 2.24) is 0 Å². The van der Waals surface area contributed by atoms with Crippen molar-refractivity contribution in [3.8, 4) is 55.6 Å². The van der Waals surface area contributed by atoms with Gasteiger partial charge in [-0.3, -0.25) is 0 Å². The summed E-state index contributed by atoms with van der Waals surface area (Å²) in [5.41, 5.74) is 18.4. The summed E-state index contributed by atoms with van der Waals surface area (Å²) in [7, 11) is 0. The van der Waals surface area contributed by atoms with Crippen molar-refractivity contribution in [2.24, 2.45) is 0 Å². The molecule has 0 saturated heterocycles. The van der Waals surface area contributed by atoms with E-state index in [0.717, 1.165) is 0 Å². The Kier molecular flexibility index (Phi) is 7.49. The van der Waals surface area contributed by atoms with E-state index in [4.69, 9.17) is 0 Å². The molecule has 0 amide bonds. The van der Waals surface area contributed by atoms with Gasteiger partial charge in [0.1, 0.15) is 0 Å². The fraction of sp³-hybridized carbons (Fsp3) is 0.0938. The lowest BCUT2D eigenvalue weighted by molar-refractivity contribution is 0.661. The van der Waals surface area contributed by atoms with Gasteiger partial charge in [0.15, 0.2) is 0 Å². The summed E-state index contributed by atoms with van der Waals surface area (Å²) in [5.74, 6) is 0. The molecule has 12 aromatic rings. The Morgan fingerprint density at radius 3 is 1.60 bits per heavy atom. The molecule has 0 atom stereocenters. The van der Waals surface area contributed by atoms with Crippen LogP contribution in [0, 0.1) is 0 Å². The number of fused-ring (bicyclic) bond motifs is 14. The summed E-state index contributed by atoms with van der Waals surface area (Å²) in [6, 6.07) is 73.8. The van der Waals surface area contributed by atoms with Crippen LogP contribution in [-0.4, -0.2) is 0 Å². The molecule has 65 heavy (non-hydrogen) atoms. The third-order valence-electron chi connectivity index (χ3n) is 15.4.